The van der Waals surface area contributed by atoms with Crippen LogP contribution in [-0.2, 0) is 9.59 Å². The van der Waals surface area contributed by atoms with Gasteiger partial charge in [0.05, 0.1) is 5.69 Å². The number of aliphatic carboxylic acids is 1. The first-order valence-corrected chi connectivity index (χ1v) is 9.38. The van der Waals surface area contributed by atoms with Gasteiger partial charge in [0.25, 0.3) is 0 Å². The van der Waals surface area contributed by atoms with Crippen LogP contribution in [-0.4, -0.2) is 16.9 Å². The number of carboxylic acids is 1. The minimum Gasteiger partial charge on any atom is -0.550 e. The molecule has 1 aromatic heterocycles. The van der Waals surface area contributed by atoms with Gasteiger partial charge in [0, 0.05) is 28.7 Å². The summed E-state index contributed by atoms with van der Waals surface area (Å²) < 4.78 is 0. The molecule has 1 amide bonds. The number of nitrogens with zero attached hydrogens (tertiary/aromatic N) is 1. The second-order valence-corrected chi connectivity index (χ2v) is 7.52. The van der Waals surface area contributed by atoms with Crippen LogP contribution in [0.15, 0.2) is 23.6 Å². The molecule has 1 N–H and O–H groups in total. The number of carbonyl (C=O) groups is 2. The Bertz CT molecular complexity index is 800. The molecule has 1 aliphatic rings. The lowest BCUT2D eigenvalue weighted by atomic mass is 9.79. The molecule has 132 valence electrons. The Morgan fingerprint density at radius 3 is 2.60 bits per heavy atom. The number of thiazole rings is 1. The van der Waals surface area contributed by atoms with E-state index in [-0.39, 0.29) is 5.91 Å². The van der Waals surface area contributed by atoms with E-state index in [0.717, 1.165) is 29.7 Å². The Hall–Kier alpha value is -2.21. The molecule has 1 aliphatic carbocycles. The van der Waals surface area contributed by atoms with E-state index in [0.29, 0.717) is 18.0 Å². The van der Waals surface area contributed by atoms with Crippen LogP contribution in [0.25, 0.3) is 11.3 Å². The van der Waals surface area contributed by atoms with Gasteiger partial charge in [-0.3, -0.25) is 4.79 Å². The average Bonchev–Trinajstić information content (AvgIpc) is 3.02. The first-order valence-electron chi connectivity index (χ1n) is 8.50. The number of benzene rings is 1. The molecular formula is C19H21N2O3S-. The van der Waals surface area contributed by atoms with Gasteiger partial charge in [-0.2, -0.15) is 0 Å². The molecule has 3 rings (SSSR count). The lowest BCUT2D eigenvalue weighted by Crippen LogP contribution is -2.42. The third kappa shape index (κ3) is 3.90. The van der Waals surface area contributed by atoms with Gasteiger partial charge in [0.1, 0.15) is 0 Å². The summed E-state index contributed by atoms with van der Waals surface area (Å²) in [6, 6.07) is 6.16. The molecule has 0 saturated heterocycles. The molecule has 1 heterocycles. The monoisotopic (exact) mass is 357 g/mol. The predicted molar refractivity (Wildman–Crippen MR) is 96.1 cm³/mol. The maximum atomic E-state index is 12.5. The standard InChI is InChI=1S/C19H22N2O3S/c1-11-7-8-13(12(2)9-11)16-10-25-19(20-16)21-17(22)14-5-3-4-6-15(14)18(23)24/h7-10,14-15H,3-6H2,1-2H3,(H,23,24)(H,20,21,22)/p-1/t14-,15-/m1/s1. The molecule has 0 bridgehead atoms. The highest BCUT2D eigenvalue weighted by Crippen LogP contribution is 2.32. The number of hydrogen-bond donors (Lipinski definition) is 1. The second-order valence-electron chi connectivity index (χ2n) is 6.66. The van der Waals surface area contributed by atoms with E-state index in [9.17, 15) is 14.7 Å². The maximum Gasteiger partial charge on any atom is 0.229 e. The number of nitrogens with one attached hydrogen (secondary N) is 1. The van der Waals surface area contributed by atoms with Crippen molar-refractivity contribution in [2.45, 2.75) is 39.5 Å². The van der Waals surface area contributed by atoms with E-state index in [4.69, 9.17) is 0 Å². The van der Waals surface area contributed by atoms with Crippen molar-refractivity contribution in [3.8, 4) is 11.3 Å². The van der Waals surface area contributed by atoms with Crippen LogP contribution in [0.3, 0.4) is 0 Å². The Morgan fingerprint density at radius 1 is 1.20 bits per heavy atom. The van der Waals surface area contributed by atoms with Gasteiger partial charge in [0.2, 0.25) is 5.91 Å². The van der Waals surface area contributed by atoms with Crippen molar-refractivity contribution >= 4 is 28.3 Å². The van der Waals surface area contributed by atoms with Gasteiger partial charge in [-0.05, 0) is 32.3 Å². The smallest absolute Gasteiger partial charge is 0.229 e. The van der Waals surface area contributed by atoms with Gasteiger partial charge >= 0.3 is 0 Å². The van der Waals surface area contributed by atoms with E-state index in [1.165, 1.54) is 16.9 Å². The topological polar surface area (TPSA) is 82.1 Å². The summed E-state index contributed by atoms with van der Waals surface area (Å²) in [5.41, 5.74) is 4.17. The number of carbonyl (C=O) groups excluding carboxylic acids is 2. The summed E-state index contributed by atoms with van der Waals surface area (Å²) in [5.74, 6) is -2.63. The maximum absolute atomic E-state index is 12.5. The van der Waals surface area contributed by atoms with Crippen LogP contribution in [0, 0.1) is 25.7 Å². The first kappa shape index (κ1) is 17.6. The Balaban J connectivity index is 1.74. The second kappa shape index (κ2) is 7.35. The number of rotatable bonds is 4. The van der Waals surface area contributed by atoms with Crippen molar-refractivity contribution in [1.82, 2.24) is 4.98 Å². The summed E-state index contributed by atoms with van der Waals surface area (Å²) in [7, 11) is 0. The van der Waals surface area contributed by atoms with Crippen LogP contribution in [0.4, 0.5) is 5.13 Å². The van der Waals surface area contributed by atoms with Crippen molar-refractivity contribution in [2.75, 3.05) is 5.32 Å². The molecule has 0 aliphatic heterocycles. The predicted octanol–water partition coefficient (Wildman–Crippen LogP) is 2.92. The van der Waals surface area contributed by atoms with Gasteiger partial charge in [-0.25, -0.2) is 4.98 Å². The summed E-state index contributed by atoms with van der Waals surface area (Å²) in [4.78, 5) is 28.3. The highest BCUT2D eigenvalue weighted by molar-refractivity contribution is 7.14. The molecule has 0 spiro atoms. The summed E-state index contributed by atoms with van der Waals surface area (Å²) in [6.45, 7) is 4.08. The van der Waals surface area contributed by atoms with Gasteiger partial charge in [-0.1, -0.05) is 36.6 Å². The number of aryl methyl sites for hydroxylation is 2. The van der Waals surface area contributed by atoms with Crippen LogP contribution in [0.2, 0.25) is 0 Å². The molecule has 0 unspecified atom stereocenters. The third-order valence-corrected chi connectivity index (χ3v) is 5.56. The molecule has 1 fully saturated rings. The first-order chi connectivity index (χ1) is 12.0. The number of aromatic nitrogens is 1. The van der Waals surface area contributed by atoms with Crippen molar-refractivity contribution in [2.24, 2.45) is 11.8 Å². The molecule has 1 aromatic carbocycles. The summed E-state index contributed by atoms with van der Waals surface area (Å²) >= 11 is 1.35. The zero-order chi connectivity index (χ0) is 18.0. The largest absolute Gasteiger partial charge is 0.550 e. The number of amides is 1. The Morgan fingerprint density at radius 2 is 1.92 bits per heavy atom. The van der Waals surface area contributed by atoms with Gasteiger partial charge in [0.15, 0.2) is 5.13 Å². The third-order valence-electron chi connectivity index (χ3n) is 4.80. The van der Waals surface area contributed by atoms with E-state index < -0.39 is 17.8 Å². The summed E-state index contributed by atoms with van der Waals surface area (Å²) in [5, 5.41) is 16.5. The van der Waals surface area contributed by atoms with Crippen LogP contribution in [0.5, 0.6) is 0 Å². The fourth-order valence-corrected chi connectivity index (χ4v) is 4.19. The fourth-order valence-electron chi connectivity index (χ4n) is 3.48. The molecule has 2 atom stereocenters. The quantitative estimate of drug-likeness (QED) is 0.912. The van der Waals surface area contributed by atoms with Crippen LogP contribution >= 0.6 is 11.3 Å². The van der Waals surface area contributed by atoms with E-state index >= 15 is 0 Å². The van der Waals surface area contributed by atoms with E-state index in [1.807, 2.05) is 31.4 Å². The normalized spacial score (nSPS) is 20.2. The zero-order valence-corrected chi connectivity index (χ0v) is 15.2. The number of carboxylic acid groups (broad SMARTS) is 1. The highest BCUT2D eigenvalue weighted by atomic mass is 32.1. The SMILES string of the molecule is Cc1ccc(-c2csc(NC(=O)[C@@H]3CCCC[C@H]3C(=O)[O-])n2)c(C)c1. The van der Waals surface area contributed by atoms with Gasteiger partial charge < -0.3 is 15.2 Å². The molecule has 25 heavy (non-hydrogen) atoms. The Labute approximate surface area is 151 Å². The van der Waals surface area contributed by atoms with Crippen molar-refractivity contribution in [3.05, 3.63) is 34.7 Å². The zero-order valence-electron chi connectivity index (χ0n) is 14.4. The lowest BCUT2D eigenvalue weighted by molar-refractivity contribution is -0.313. The number of anilines is 1. The van der Waals surface area contributed by atoms with Crippen LogP contribution < -0.4 is 10.4 Å². The van der Waals surface area contributed by atoms with Crippen molar-refractivity contribution in [1.29, 1.82) is 0 Å². The number of hydrogen-bond acceptors (Lipinski definition) is 5. The van der Waals surface area contributed by atoms with Gasteiger partial charge in [-0.15, -0.1) is 11.3 Å². The Kier molecular flexibility index (Phi) is 5.18. The van der Waals surface area contributed by atoms with Crippen molar-refractivity contribution in [3.63, 3.8) is 0 Å². The summed E-state index contributed by atoms with van der Waals surface area (Å²) in [6.07, 6.45) is 2.79. The lowest BCUT2D eigenvalue weighted by Gasteiger charge is -2.30. The molecule has 1 saturated carbocycles. The van der Waals surface area contributed by atoms with E-state index in [1.54, 1.807) is 0 Å². The average molecular weight is 357 g/mol. The molecule has 6 heteroatoms. The fraction of sp³-hybridized carbons (Fsp3) is 0.421. The minimum atomic E-state index is -1.13. The van der Waals surface area contributed by atoms with Crippen LogP contribution in [0.1, 0.15) is 36.8 Å². The molecule has 5 nitrogen and oxygen atoms in total. The molecule has 2 aromatic rings. The molecular weight excluding hydrogens is 336 g/mol. The molecule has 0 radical (unpaired) electrons. The van der Waals surface area contributed by atoms with E-state index in [2.05, 4.69) is 16.4 Å². The highest BCUT2D eigenvalue weighted by Gasteiger charge is 2.32. The van der Waals surface area contributed by atoms with Crippen molar-refractivity contribution < 1.29 is 14.7 Å². The minimum absolute atomic E-state index is 0.268.